The molecule has 0 spiro atoms. The van der Waals surface area contributed by atoms with Gasteiger partial charge < -0.3 is 4.90 Å². The third-order valence-corrected chi connectivity index (χ3v) is 3.85. The SMILES string of the molecule is CCN(CCc1ccccc1)C(=O)Cc1ccccc1C. The van der Waals surface area contributed by atoms with Crippen molar-refractivity contribution in [3.63, 3.8) is 0 Å². The number of likely N-dealkylation sites (N-methyl/N-ethyl adjacent to an activating group) is 1. The zero-order chi connectivity index (χ0) is 15.1. The Kier molecular flexibility index (Phi) is 5.56. The van der Waals surface area contributed by atoms with Gasteiger partial charge in [-0.3, -0.25) is 4.79 Å². The molecule has 2 heteroatoms. The van der Waals surface area contributed by atoms with Crippen molar-refractivity contribution in [2.75, 3.05) is 13.1 Å². The van der Waals surface area contributed by atoms with Crippen LogP contribution in [0.2, 0.25) is 0 Å². The summed E-state index contributed by atoms with van der Waals surface area (Å²) in [5.41, 5.74) is 3.59. The lowest BCUT2D eigenvalue weighted by Crippen LogP contribution is -2.34. The predicted octanol–water partition coefficient (Wildman–Crippen LogP) is 3.63. The second-order valence-corrected chi connectivity index (χ2v) is 5.31. The molecule has 0 aliphatic rings. The van der Waals surface area contributed by atoms with Gasteiger partial charge >= 0.3 is 0 Å². The standard InChI is InChI=1S/C19H23NO/c1-3-20(14-13-17-10-5-4-6-11-17)19(21)15-18-12-8-7-9-16(18)2/h4-12H,3,13-15H2,1-2H3. The van der Waals surface area contributed by atoms with E-state index in [2.05, 4.69) is 25.1 Å². The highest BCUT2D eigenvalue weighted by molar-refractivity contribution is 5.79. The lowest BCUT2D eigenvalue weighted by atomic mass is 10.1. The summed E-state index contributed by atoms with van der Waals surface area (Å²) >= 11 is 0. The van der Waals surface area contributed by atoms with Crippen LogP contribution in [-0.2, 0) is 17.6 Å². The third kappa shape index (κ3) is 4.45. The minimum Gasteiger partial charge on any atom is -0.342 e. The van der Waals surface area contributed by atoms with Gasteiger partial charge in [-0.1, -0.05) is 54.6 Å². The van der Waals surface area contributed by atoms with Gasteiger partial charge in [0.1, 0.15) is 0 Å². The fourth-order valence-corrected chi connectivity index (χ4v) is 2.45. The summed E-state index contributed by atoms with van der Waals surface area (Å²) in [5, 5.41) is 0. The molecule has 0 aliphatic carbocycles. The van der Waals surface area contributed by atoms with Crippen molar-refractivity contribution in [2.45, 2.75) is 26.7 Å². The number of benzene rings is 2. The summed E-state index contributed by atoms with van der Waals surface area (Å²) in [5.74, 6) is 0.211. The zero-order valence-corrected chi connectivity index (χ0v) is 12.9. The Morgan fingerprint density at radius 2 is 1.67 bits per heavy atom. The molecule has 0 bridgehead atoms. The highest BCUT2D eigenvalue weighted by Crippen LogP contribution is 2.10. The van der Waals surface area contributed by atoms with Crippen LogP contribution in [0.4, 0.5) is 0 Å². The Morgan fingerprint density at radius 1 is 1.00 bits per heavy atom. The summed E-state index contributed by atoms with van der Waals surface area (Å²) in [6.07, 6.45) is 1.41. The van der Waals surface area contributed by atoms with Crippen LogP contribution in [0.25, 0.3) is 0 Å². The molecule has 0 N–H and O–H groups in total. The summed E-state index contributed by atoms with van der Waals surface area (Å²) in [7, 11) is 0. The molecular weight excluding hydrogens is 258 g/mol. The molecule has 110 valence electrons. The number of hydrogen-bond acceptors (Lipinski definition) is 1. The van der Waals surface area contributed by atoms with E-state index in [1.165, 1.54) is 11.1 Å². The van der Waals surface area contributed by atoms with Crippen LogP contribution in [0.5, 0.6) is 0 Å². The Labute approximate surface area is 127 Å². The molecule has 2 aromatic rings. The molecular formula is C19H23NO. The Hall–Kier alpha value is -2.09. The normalized spacial score (nSPS) is 10.4. The van der Waals surface area contributed by atoms with Crippen LogP contribution in [0.15, 0.2) is 54.6 Å². The first kappa shape index (κ1) is 15.3. The maximum absolute atomic E-state index is 12.4. The van der Waals surface area contributed by atoms with Gasteiger partial charge in [0, 0.05) is 13.1 Å². The van der Waals surface area contributed by atoms with Crippen LogP contribution >= 0.6 is 0 Å². The van der Waals surface area contributed by atoms with E-state index in [0.29, 0.717) is 6.42 Å². The van der Waals surface area contributed by atoms with E-state index < -0.39 is 0 Å². The first-order valence-electron chi connectivity index (χ1n) is 7.57. The van der Waals surface area contributed by atoms with Crippen LogP contribution in [0.3, 0.4) is 0 Å². The topological polar surface area (TPSA) is 20.3 Å². The molecule has 0 aromatic heterocycles. The van der Waals surface area contributed by atoms with Gasteiger partial charge in [0.25, 0.3) is 0 Å². The van der Waals surface area contributed by atoms with Gasteiger partial charge in [-0.05, 0) is 37.0 Å². The molecule has 0 saturated heterocycles. The molecule has 0 aliphatic heterocycles. The van der Waals surface area contributed by atoms with Crippen LogP contribution in [-0.4, -0.2) is 23.9 Å². The molecule has 0 atom stereocenters. The maximum Gasteiger partial charge on any atom is 0.227 e. The summed E-state index contributed by atoms with van der Waals surface area (Å²) in [6, 6.07) is 18.4. The highest BCUT2D eigenvalue weighted by Gasteiger charge is 2.13. The Bertz CT molecular complexity index is 577. The first-order chi connectivity index (χ1) is 10.2. The van der Waals surface area contributed by atoms with Crippen LogP contribution in [0, 0.1) is 6.92 Å². The molecule has 21 heavy (non-hydrogen) atoms. The Balaban J connectivity index is 1.94. The number of nitrogens with zero attached hydrogens (tertiary/aromatic N) is 1. The average molecular weight is 281 g/mol. The van der Waals surface area contributed by atoms with E-state index in [-0.39, 0.29) is 5.91 Å². The maximum atomic E-state index is 12.4. The lowest BCUT2D eigenvalue weighted by Gasteiger charge is -2.21. The van der Waals surface area contributed by atoms with E-state index in [1.807, 2.05) is 48.2 Å². The summed E-state index contributed by atoms with van der Waals surface area (Å²) in [4.78, 5) is 14.4. The smallest absolute Gasteiger partial charge is 0.227 e. The van der Waals surface area contributed by atoms with Crippen molar-refractivity contribution in [3.8, 4) is 0 Å². The zero-order valence-electron chi connectivity index (χ0n) is 12.9. The second-order valence-electron chi connectivity index (χ2n) is 5.31. The Morgan fingerprint density at radius 3 is 2.33 bits per heavy atom. The number of rotatable bonds is 6. The van der Waals surface area contributed by atoms with Gasteiger partial charge in [0.2, 0.25) is 5.91 Å². The number of amides is 1. The van der Waals surface area contributed by atoms with Crippen LogP contribution in [0.1, 0.15) is 23.6 Å². The first-order valence-corrected chi connectivity index (χ1v) is 7.57. The van der Waals surface area contributed by atoms with Crippen molar-refractivity contribution in [1.82, 2.24) is 4.90 Å². The molecule has 2 rings (SSSR count). The predicted molar refractivity (Wildman–Crippen MR) is 87.3 cm³/mol. The van der Waals surface area contributed by atoms with Crippen molar-refractivity contribution < 1.29 is 4.79 Å². The van der Waals surface area contributed by atoms with E-state index in [0.717, 1.165) is 25.1 Å². The highest BCUT2D eigenvalue weighted by atomic mass is 16.2. The minimum atomic E-state index is 0.211. The average Bonchev–Trinajstić information content (AvgIpc) is 2.51. The third-order valence-electron chi connectivity index (χ3n) is 3.85. The van der Waals surface area contributed by atoms with E-state index in [4.69, 9.17) is 0 Å². The fraction of sp³-hybridized carbons (Fsp3) is 0.316. The minimum absolute atomic E-state index is 0.211. The van der Waals surface area contributed by atoms with E-state index in [1.54, 1.807) is 0 Å². The van der Waals surface area contributed by atoms with Crippen molar-refractivity contribution in [2.24, 2.45) is 0 Å². The molecule has 0 radical (unpaired) electrons. The molecule has 0 unspecified atom stereocenters. The molecule has 0 saturated carbocycles. The van der Waals surface area contributed by atoms with Gasteiger partial charge in [-0.2, -0.15) is 0 Å². The van der Waals surface area contributed by atoms with Crippen molar-refractivity contribution in [1.29, 1.82) is 0 Å². The van der Waals surface area contributed by atoms with Crippen molar-refractivity contribution >= 4 is 5.91 Å². The summed E-state index contributed by atoms with van der Waals surface area (Å²) in [6.45, 7) is 5.65. The quantitative estimate of drug-likeness (QED) is 0.792. The molecule has 0 fully saturated rings. The lowest BCUT2D eigenvalue weighted by molar-refractivity contribution is -0.130. The molecule has 0 heterocycles. The molecule has 2 nitrogen and oxygen atoms in total. The monoisotopic (exact) mass is 281 g/mol. The molecule has 1 amide bonds. The number of carbonyl (C=O) groups excluding carboxylic acids is 1. The number of carbonyl (C=O) groups is 1. The second kappa shape index (κ2) is 7.63. The number of aryl methyl sites for hydroxylation is 1. The van der Waals surface area contributed by atoms with E-state index in [9.17, 15) is 4.79 Å². The number of hydrogen-bond donors (Lipinski definition) is 0. The van der Waals surface area contributed by atoms with Gasteiger partial charge in [-0.25, -0.2) is 0 Å². The van der Waals surface area contributed by atoms with E-state index >= 15 is 0 Å². The summed E-state index contributed by atoms with van der Waals surface area (Å²) < 4.78 is 0. The van der Waals surface area contributed by atoms with Gasteiger partial charge in [-0.15, -0.1) is 0 Å². The molecule has 2 aromatic carbocycles. The largest absolute Gasteiger partial charge is 0.342 e. The fourth-order valence-electron chi connectivity index (χ4n) is 2.45. The van der Waals surface area contributed by atoms with Crippen LogP contribution < -0.4 is 0 Å². The van der Waals surface area contributed by atoms with Gasteiger partial charge in [0.15, 0.2) is 0 Å². The van der Waals surface area contributed by atoms with Gasteiger partial charge in [0.05, 0.1) is 6.42 Å². The van der Waals surface area contributed by atoms with Crippen molar-refractivity contribution in [3.05, 3.63) is 71.3 Å².